The Morgan fingerprint density at radius 1 is 1.32 bits per heavy atom. The van der Waals surface area contributed by atoms with Gasteiger partial charge in [0, 0.05) is 19.6 Å². The number of nitrogens with one attached hydrogen (secondary N) is 1. The average molecular weight is 306 g/mol. The van der Waals surface area contributed by atoms with Crippen LogP contribution in [0, 0.1) is 23.6 Å². The first kappa shape index (κ1) is 14.8. The summed E-state index contributed by atoms with van der Waals surface area (Å²) < 4.78 is 13.1. The molecule has 5 nitrogen and oxygen atoms in total. The Balaban J connectivity index is 1.57. The number of hydrogen-bond acceptors (Lipinski definition) is 2. The van der Waals surface area contributed by atoms with Crippen molar-refractivity contribution in [2.24, 2.45) is 17.8 Å². The zero-order chi connectivity index (χ0) is 15.7. The van der Waals surface area contributed by atoms with Gasteiger partial charge in [-0.25, -0.2) is 9.18 Å². The van der Waals surface area contributed by atoms with Crippen molar-refractivity contribution in [1.82, 2.24) is 10.2 Å². The second kappa shape index (κ2) is 5.94. The van der Waals surface area contributed by atoms with Crippen LogP contribution in [0.2, 0.25) is 0 Å². The topological polar surface area (TPSA) is 69.6 Å². The lowest BCUT2D eigenvalue weighted by Gasteiger charge is -2.17. The molecule has 0 spiro atoms. The van der Waals surface area contributed by atoms with Gasteiger partial charge < -0.3 is 15.3 Å². The van der Waals surface area contributed by atoms with Crippen LogP contribution in [0.15, 0.2) is 24.3 Å². The van der Waals surface area contributed by atoms with Gasteiger partial charge in [0.25, 0.3) is 0 Å². The van der Waals surface area contributed by atoms with Crippen LogP contribution in [0.4, 0.5) is 9.18 Å². The minimum Gasteiger partial charge on any atom is -0.481 e. The van der Waals surface area contributed by atoms with Crippen molar-refractivity contribution >= 4 is 12.0 Å². The van der Waals surface area contributed by atoms with E-state index in [2.05, 4.69) is 5.32 Å². The Morgan fingerprint density at radius 3 is 2.73 bits per heavy atom. The molecule has 1 saturated carbocycles. The molecule has 1 aliphatic heterocycles. The minimum atomic E-state index is -0.822. The number of urea groups is 1. The van der Waals surface area contributed by atoms with Crippen LogP contribution in [-0.4, -0.2) is 35.1 Å². The van der Waals surface area contributed by atoms with E-state index in [1.807, 2.05) is 0 Å². The standard InChI is InChI=1S/C16H19FN2O3/c17-12-3-1-2-10(6-12)7-18-16(22)19-8-13(11-4-5-11)14(9-19)15(20)21/h1-3,6,11,13-14H,4-5,7-9H2,(H,18,22)(H,20,21)/t13-,14+/m0/s1. The van der Waals surface area contributed by atoms with Gasteiger partial charge in [-0.3, -0.25) is 4.79 Å². The summed E-state index contributed by atoms with van der Waals surface area (Å²) in [5, 5.41) is 12.0. The Kier molecular flexibility index (Phi) is 4.00. The van der Waals surface area contributed by atoms with Gasteiger partial charge in [-0.2, -0.15) is 0 Å². The predicted molar refractivity (Wildman–Crippen MR) is 77.5 cm³/mol. The highest BCUT2D eigenvalue weighted by molar-refractivity contribution is 5.77. The number of hydrogen-bond donors (Lipinski definition) is 2. The maximum Gasteiger partial charge on any atom is 0.317 e. The number of carboxylic acid groups (broad SMARTS) is 1. The van der Waals surface area contributed by atoms with E-state index in [0.29, 0.717) is 18.0 Å². The smallest absolute Gasteiger partial charge is 0.317 e. The van der Waals surface area contributed by atoms with Gasteiger partial charge in [0.2, 0.25) is 0 Å². The molecule has 0 unspecified atom stereocenters. The van der Waals surface area contributed by atoms with E-state index in [9.17, 15) is 19.1 Å². The molecule has 2 fully saturated rings. The second-order valence-electron chi connectivity index (χ2n) is 6.14. The number of carbonyl (C=O) groups excluding carboxylic acids is 1. The van der Waals surface area contributed by atoms with Crippen LogP contribution in [0.25, 0.3) is 0 Å². The zero-order valence-electron chi connectivity index (χ0n) is 12.2. The average Bonchev–Trinajstić information content (AvgIpc) is 3.23. The molecule has 0 aromatic heterocycles. The van der Waals surface area contributed by atoms with E-state index in [1.54, 1.807) is 17.0 Å². The fraction of sp³-hybridized carbons (Fsp3) is 0.500. The zero-order valence-corrected chi connectivity index (χ0v) is 12.2. The minimum absolute atomic E-state index is 0.0671. The summed E-state index contributed by atoms with van der Waals surface area (Å²) in [4.78, 5) is 25.1. The predicted octanol–water partition coefficient (Wildman–Crippen LogP) is 2.08. The van der Waals surface area contributed by atoms with Crippen molar-refractivity contribution in [3.05, 3.63) is 35.6 Å². The molecular weight excluding hydrogens is 287 g/mol. The monoisotopic (exact) mass is 306 g/mol. The molecule has 1 heterocycles. The fourth-order valence-electron chi connectivity index (χ4n) is 3.19. The number of nitrogens with zero attached hydrogens (tertiary/aromatic N) is 1. The first-order valence-corrected chi connectivity index (χ1v) is 7.54. The van der Waals surface area contributed by atoms with Gasteiger partial charge in [-0.15, -0.1) is 0 Å². The second-order valence-corrected chi connectivity index (χ2v) is 6.14. The SMILES string of the molecule is O=C(O)[C@@H]1CN(C(=O)NCc2cccc(F)c2)C[C@H]1C1CC1. The lowest BCUT2D eigenvalue weighted by Crippen LogP contribution is -2.38. The summed E-state index contributed by atoms with van der Waals surface area (Å²) in [6.07, 6.45) is 2.13. The Bertz CT molecular complexity index is 589. The van der Waals surface area contributed by atoms with E-state index < -0.39 is 11.9 Å². The first-order chi connectivity index (χ1) is 10.5. The van der Waals surface area contributed by atoms with Crippen LogP contribution in [0.1, 0.15) is 18.4 Å². The number of rotatable bonds is 4. The summed E-state index contributed by atoms with van der Waals surface area (Å²) in [5.41, 5.74) is 0.682. The molecule has 0 radical (unpaired) electrons. The Hall–Kier alpha value is -2.11. The highest BCUT2D eigenvalue weighted by atomic mass is 19.1. The third-order valence-corrected chi connectivity index (χ3v) is 4.53. The number of aliphatic carboxylic acids is 1. The molecule has 2 amide bonds. The molecule has 22 heavy (non-hydrogen) atoms. The molecule has 0 bridgehead atoms. The number of amides is 2. The van der Waals surface area contributed by atoms with Crippen molar-refractivity contribution in [3.8, 4) is 0 Å². The molecule has 118 valence electrons. The van der Waals surface area contributed by atoms with E-state index in [1.165, 1.54) is 12.1 Å². The van der Waals surface area contributed by atoms with Gasteiger partial charge in [0.15, 0.2) is 0 Å². The Labute approximate surface area is 128 Å². The van der Waals surface area contributed by atoms with Gasteiger partial charge in [-0.05, 0) is 42.4 Å². The van der Waals surface area contributed by atoms with Crippen LogP contribution in [-0.2, 0) is 11.3 Å². The van der Waals surface area contributed by atoms with Gasteiger partial charge >= 0.3 is 12.0 Å². The van der Waals surface area contributed by atoms with Crippen molar-refractivity contribution in [2.45, 2.75) is 19.4 Å². The normalized spacial score (nSPS) is 24.3. The van der Waals surface area contributed by atoms with E-state index >= 15 is 0 Å². The van der Waals surface area contributed by atoms with Crippen molar-refractivity contribution in [3.63, 3.8) is 0 Å². The number of carboxylic acids is 1. The molecule has 6 heteroatoms. The van der Waals surface area contributed by atoms with Crippen molar-refractivity contribution in [1.29, 1.82) is 0 Å². The van der Waals surface area contributed by atoms with Crippen LogP contribution in [0.3, 0.4) is 0 Å². The number of likely N-dealkylation sites (tertiary alicyclic amines) is 1. The molecule has 1 aliphatic carbocycles. The van der Waals surface area contributed by atoms with E-state index in [4.69, 9.17) is 0 Å². The molecule has 1 aromatic carbocycles. The number of carbonyl (C=O) groups is 2. The van der Waals surface area contributed by atoms with E-state index in [-0.39, 0.29) is 30.9 Å². The third-order valence-electron chi connectivity index (χ3n) is 4.53. The molecule has 1 saturated heterocycles. The maximum absolute atomic E-state index is 13.1. The highest BCUT2D eigenvalue weighted by Gasteiger charge is 2.46. The summed E-state index contributed by atoms with van der Waals surface area (Å²) in [6, 6.07) is 5.77. The van der Waals surface area contributed by atoms with Crippen molar-refractivity contribution in [2.75, 3.05) is 13.1 Å². The molecule has 2 aliphatic rings. The van der Waals surface area contributed by atoms with Gasteiger partial charge in [0.1, 0.15) is 5.82 Å². The first-order valence-electron chi connectivity index (χ1n) is 7.54. The summed E-state index contributed by atoms with van der Waals surface area (Å²) in [6.45, 7) is 0.987. The van der Waals surface area contributed by atoms with Crippen molar-refractivity contribution < 1.29 is 19.1 Å². The lowest BCUT2D eigenvalue weighted by molar-refractivity contribution is -0.142. The number of halogens is 1. The molecule has 2 atom stereocenters. The number of benzene rings is 1. The molecule has 1 aromatic rings. The lowest BCUT2D eigenvalue weighted by atomic mass is 9.92. The summed E-state index contributed by atoms with van der Waals surface area (Å²) in [7, 11) is 0. The summed E-state index contributed by atoms with van der Waals surface area (Å²) in [5.74, 6) is -1.11. The maximum atomic E-state index is 13.1. The quantitative estimate of drug-likeness (QED) is 0.895. The fourth-order valence-corrected chi connectivity index (χ4v) is 3.19. The molecule has 3 rings (SSSR count). The molecule has 2 N–H and O–H groups in total. The Morgan fingerprint density at radius 2 is 2.09 bits per heavy atom. The van der Waals surface area contributed by atoms with Crippen LogP contribution >= 0.6 is 0 Å². The van der Waals surface area contributed by atoms with Gasteiger partial charge in [0.05, 0.1) is 5.92 Å². The highest BCUT2D eigenvalue weighted by Crippen LogP contribution is 2.44. The van der Waals surface area contributed by atoms with Gasteiger partial charge in [-0.1, -0.05) is 12.1 Å². The molecular formula is C16H19FN2O3. The third kappa shape index (κ3) is 3.21. The largest absolute Gasteiger partial charge is 0.481 e. The van der Waals surface area contributed by atoms with E-state index in [0.717, 1.165) is 12.8 Å². The summed E-state index contributed by atoms with van der Waals surface area (Å²) >= 11 is 0. The van der Waals surface area contributed by atoms with Crippen LogP contribution < -0.4 is 5.32 Å². The van der Waals surface area contributed by atoms with Crippen LogP contribution in [0.5, 0.6) is 0 Å².